The highest BCUT2D eigenvalue weighted by Crippen LogP contribution is 2.23. The van der Waals surface area contributed by atoms with Gasteiger partial charge in [0.05, 0.1) is 16.8 Å². The van der Waals surface area contributed by atoms with E-state index in [4.69, 9.17) is 4.74 Å². The van der Waals surface area contributed by atoms with E-state index >= 15 is 0 Å². The van der Waals surface area contributed by atoms with Crippen LogP contribution in [0.3, 0.4) is 0 Å². The van der Waals surface area contributed by atoms with Crippen molar-refractivity contribution in [3.63, 3.8) is 0 Å². The van der Waals surface area contributed by atoms with Crippen molar-refractivity contribution >= 4 is 22.8 Å². The Balaban J connectivity index is 2.29. The Hall–Kier alpha value is -2.43. The topological polar surface area (TPSA) is 68.3 Å². The quantitative estimate of drug-likeness (QED) is 0.881. The van der Waals surface area contributed by atoms with Gasteiger partial charge in [-0.1, -0.05) is 18.2 Å². The molecule has 1 aromatic heterocycles. The van der Waals surface area contributed by atoms with Crippen LogP contribution in [-0.4, -0.2) is 29.0 Å². The highest BCUT2D eigenvalue weighted by atomic mass is 16.5. The van der Waals surface area contributed by atoms with E-state index in [1.54, 1.807) is 13.8 Å². The summed E-state index contributed by atoms with van der Waals surface area (Å²) in [5.41, 5.74) is 2.68. The lowest BCUT2D eigenvalue weighted by molar-refractivity contribution is -0.129. The predicted octanol–water partition coefficient (Wildman–Crippen LogP) is 2.92. The fourth-order valence-electron chi connectivity index (χ4n) is 2.51. The number of para-hydroxylation sites is 1. The van der Waals surface area contributed by atoms with Crippen LogP contribution in [0.2, 0.25) is 0 Å². The number of ether oxygens (including phenoxy) is 1. The van der Waals surface area contributed by atoms with Crippen molar-refractivity contribution in [3.8, 4) is 0 Å². The van der Waals surface area contributed by atoms with E-state index in [2.05, 4.69) is 10.3 Å². The maximum Gasteiger partial charge on any atom is 0.341 e. The van der Waals surface area contributed by atoms with Crippen LogP contribution < -0.4 is 5.32 Å². The number of pyridine rings is 1. The van der Waals surface area contributed by atoms with E-state index in [-0.39, 0.29) is 11.9 Å². The molecule has 0 unspecified atom stereocenters. The number of benzene rings is 1. The summed E-state index contributed by atoms with van der Waals surface area (Å²) in [5.74, 6) is -0.831. The van der Waals surface area contributed by atoms with Crippen LogP contribution in [0.15, 0.2) is 24.3 Å². The van der Waals surface area contributed by atoms with E-state index < -0.39 is 12.1 Å². The van der Waals surface area contributed by atoms with Gasteiger partial charge in [-0.2, -0.15) is 0 Å². The molecule has 122 valence electrons. The largest absolute Gasteiger partial charge is 0.449 e. The molecule has 1 N–H and O–H groups in total. The Morgan fingerprint density at radius 2 is 1.78 bits per heavy atom. The lowest BCUT2D eigenvalue weighted by Gasteiger charge is -2.17. The van der Waals surface area contributed by atoms with E-state index in [0.29, 0.717) is 11.3 Å². The van der Waals surface area contributed by atoms with E-state index in [1.807, 2.05) is 45.0 Å². The number of amides is 1. The zero-order valence-corrected chi connectivity index (χ0v) is 14.1. The van der Waals surface area contributed by atoms with Crippen LogP contribution in [0.5, 0.6) is 0 Å². The number of carbonyl (C=O) groups is 2. The van der Waals surface area contributed by atoms with Crippen LogP contribution in [0.4, 0.5) is 0 Å². The molecule has 0 fully saturated rings. The monoisotopic (exact) mass is 314 g/mol. The highest BCUT2D eigenvalue weighted by molar-refractivity contribution is 5.99. The van der Waals surface area contributed by atoms with Gasteiger partial charge >= 0.3 is 5.97 Å². The average molecular weight is 314 g/mol. The molecule has 5 heteroatoms. The van der Waals surface area contributed by atoms with E-state index in [0.717, 1.165) is 16.5 Å². The molecule has 1 heterocycles. The summed E-state index contributed by atoms with van der Waals surface area (Å²) in [7, 11) is 0. The molecule has 0 saturated heterocycles. The Bertz CT molecular complexity index is 753. The molecule has 1 amide bonds. The molecule has 0 saturated carbocycles. The molecule has 2 rings (SSSR count). The van der Waals surface area contributed by atoms with Gasteiger partial charge in [0.1, 0.15) is 0 Å². The van der Waals surface area contributed by atoms with Crippen molar-refractivity contribution in [1.82, 2.24) is 10.3 Å². The van der Waals surface area contributed by atoms with Gasteiger partial charge < -0.3 is 10.1 Å². The predicted molar refractivity (Wildman–Crippen MR) is 89.4 cm³/mol. The maximum absolute atomic E-state index is 12.5. The summed E-state index contributed by atoms with van der Waals surface area (Å²) in [6, 6.07) is 7.63. The molecule has 1 aromatic carbocycles. The first kappa shape index (κ1) is 16.9. The second kappa shape index (κ2) is 6.77. The lowest BCUT2D eigenvalue weighted by atomic mass is 10.0. The normalized spacial score (nSPS) is 12.3. The SMILES string of the molecule is Cc1nc2ccccc2c(C)c1C(=O)O[C@@H](C)C(=O)NC(C)C. The molecule has 0 spiro atoms. The minimum atomic E-state index is -0.852. The zero-order valence-electron chi connectivity index (χ0n) is 14.1. The number of fused-ring (bicyclic) bond motifs is 1. The van der Waals surface area contributed by atoms with Crippen molar-refractivity contribution in [1.29, 1.82) is 0 Å². The van der Waals surface area contributed by atoms with Gasteiger partial charge in [-0.25, -0.2) is 4.79 Å². The summed E-state index contributed by atoms with van der Waals surface area (Å²) in [4.78, 5) is 28.8. The second-order valence-electron chi connectivity index (χ2n) is 5.93. The number of hydrogen-bond acceptors (Lipinski definition) is 4. The van der Waals surface area contributed by atoms with Gasteiger partial charge in [0.25, 0.3) is 5.91 Å². The van der Waals surface area contributed by atoms with Gasteiger partial charge in [0, 0.05) is 11.4 Å². The van der Waals surface area contributed by atoms with Crippen molar-refractivity contribution in [2.24, 2.45) is 0 Å². The van der Waals surface area contributed by atoms with Crippen LogP contribution in [0.1, 0.15) is 42.4 Å². The minimum absolute atomic E-state index is 0.00513. The molecule has 0 aliphatic heterocycles. The third-order valence-corrected chi connectivity index (χ3v) is 3.62. The fourth-order valence-corrected chi connectivity index (χ4v) is 2.51. The summed E-state index contributed by atoms with van der Waals surface area (Å²) in [5, 5.41) is 3.63. The van der Waals surface area contributed by atoms with Gasteiger partial charge in [-0.15, -0.1) is 0 Å². The number of aromatic nitrogens is 1. The maximum atomic E-state index is 12.5. The molecular weight excluding hydrogens is 292 g/mol. The van der Waals surface area contributed by atoms with Gasteiger partial charge in [-0.05, 0) is 46.2 Å². The zero-order chi connectivity index (χ0) is 17.1. The molecule has 1 atom stereocenters. The summed E-state index contributed by atoms with van der Waals surface area (Å²) in [6.45, 7) is 8.91. The number of aryl methyl sites for hydroxylation is 2. The smallest absolute Gasteiger partial charge is 0.341 e. The molecule has 2 aromatic rings. The first-order chi connectivity index (χ1) is 10.8. The van der Waals surface area contributed by atoms with Crippen LogP contribution in [0.25, 0.3) is 10.9 Å². The van der Waals surface area contributed by atoms with Gasteiger partial charge in [0.2, 0.25) is 0 Å². The fraction of sp³-hybridized carbons (Fsp3) is 0.389. The Morgan fingerprint density at radius 1 is 1.13 bits per heavy atom. The minimum Gasteiger partial charge on any atom is -0.449 e. The Labute approximate surface area is 136 Å². The van der Waals surface area contributed by atoms with E-state index in [9.17, 15) is 9.59 Å². The Morgan fingerprint density at radius 3 is 2.43 bits per heavy atom. The number of rotatable bonds is 4. The standard InChI is InChI=1S/C18H22N2O3/c1-10(2)19-17(21)13(5)23-18(22)16-11(3)14-8-6-7-9-15(14)20-12(16)4/h6-10,13H,1-5H3,(H,19,21)/t13-/m0/s1. The number of esters is 1. The summed E-state index contributed by atoms with van der Waals surface area (Å²) in [6.07, 6.45) is -0.852. The van der Waals surface area contributed by atoms with Crippen molar-refractivity contribution in [3.05, 3.63) is 41.1 Å². The van der Waals surface area contributed by atoms with Gasteiger partial charge in [-0.3, -0.25) is 9.78 Å². The van der Waals surface area contributed by atoms with Gasteiger partial charge in [0.15, 0.2) is 6.10 Å². The molecule has 23 heavy (non-hydrogen) atoms. The molecule has 0 aliphatic carbocycles. The number of hydrogen-bond donors (Lipinski definition) is 1. The van der Waals surface area contributed by atoms with Crippen LogP contribution >= 0.6 is 0 Å². The van der Waals surface area contributed by atoms with Crippen LogP contribution in [-0.2, 0) is 9.53 Å². The Kier molecular flexibility index (Phi) is 4.98. The number of carbonyl (C=O) groups excluding carboxylic acids is 2. The van der Waals surface area contributed by atoms with Crippen LogP contribution in [0, 0.1) is 13.8 Å². The molecular formula is C18H22N2O3. The third-order valence-electron chi connectivity index (χ3n) is 3.62. The third kappa shape index (κ3) is 3.67. The molecule has 5 nitrogen and oxygen atoms in total. The summed E-state index contributed by atoms with van der Waals surface area (Å²) < 4.78 is 5.32. The summed E-state index contributed by atoms with van der Waals surface area (Å²) >= 11 is 0. The van der Waals surface area contributed by atoms with Crippen molar-refractivity contribution in [2.75, 3.05) is 0 Å². The number of nitrogens with one attached hydrogen (secondary N) is 1. The molecule has 0 radical (unpaired) electrons. The molecule has 0 aliphatic rings. The first-order valence-corrected chi connectivity index (χ1v) is 7.68. The highest BCUT2D eigenvalue weighted by Gasteiger charge is 2.23. The van der Waals surface area contributed by atoms with Crippen molar-refractivity contribution in [2.45, 2.75) is 46.8 Å². The lowest BCUT2D eigenvalue weighted by Crippen LogP contribution is -2.39. The first-order valence-electron chi connectivity index (χ1n) is 7.68. The second-order valence-corrected chi connectivity index (χ2v) is 5.93. The van der Waals surface area contributed by atoms with Crippen molar-refractivity contribution < 1.29 is 14.3 Å². The molecule has 0 bridgehead atoms. The average Bonchev–Trinajstić information content (AvgIpc) is 2.46. The van der Waals surface area contributed by atoms with E-state index in [1.165, 1.54) is 0 Å². The number of nitrogens with zero attached hydrogens (tertiary/aromatic N) is 1.